The molecule has 3 aromatic rings. The lowest BCUT2D eigenvalue weighted by molar-refractivity contribution is 0.102. The Morgan fingerprint density at radius 1 is 0.962 bits per heavy atom. The van der Waals surface area contributed by atoms with Gasteiger partial charge in [0.2, 0.25) is 0 Å². The first-order valence-corrected chi connectivity index (χ1v) is 8.26. The van der Waals surface area contributed by atoms with Crippen LogP contribution in [0.3, 0.4) is 0 Å². The average molecular weight is 347 g/mol. The molecule has 26 heavy (non-hydrogen) atoms. The van der Waals surface area contributed by atoms with Crippen LogP contribution >= 0.6 is 0 Å². The van der Waals surface area contributed by atoms with Crippen LogP contribution in [-0.4, -0.2) is 30.0 Å². The van der Waals surface area contributed by atoms with Crippen LogP contribution in [0.1, 0.15) is 16.1 Å². The normalized spacial score (nSPS) is 10.3. The van der Waals surface area contributed by atoms with Crippen LogP contribution in [0, 0.1) is 6.92 Å². The zero-order valence-electron chi connectivity index (χ0n) is 15.0. The molecule has 2 N–H and O–H groups in total. The number of carbonyl (C=O) groups excluding carboxylic acids is 1. The summed E-state index contributed by atoms with van der Waals surface area (Å²) in [7, 11) is 3.89. The molecular formula is C20H21N5O. The number of nitrogens with zero attached hydrogens (tertiary/aromatic N) is 3. The molecule has 132 valence electrons. The van der Waals surface area contributed by atoms with Crippen LogP contribution in [0.2, 0.25) is 0 Å². The predicted molar refractivity (Wildman–Crippen MR) is 105 cm³/mol. The number of anilines is 4. The fourth-order valence-corrected chi connectivity index (χ4v) is 2.47. The Bertz CT molecular complexity index is 923. The van der Waals surface area contributed by atoms with E-state index in [4.69, 9.17) is 0 Å². The van der Waals surface area contributed by atoms with Crippen molar-refractivity contribution in [1.82, 2.24) is 9.97 Å². The second kappa shape index (κ2) is 7.65. The first-order valence-electron chi connectivity index (χ1n) is 8.26. The Morgan fingerprint density at radius 2 is 1.73 bits per heavy atom. The van der Waals surface area contributed by atoms with Crippen molar-refractivity contribution >= 4 is 28.8 Å². The van der Waals surface area contributed by atoms with Crippen molar-refractivity contribution in [2.24, 2.45) is 0 Å². The van der Waals surface area contributed by atoms with Crippen LogP contribution in [0.15, 0.2) is 60.9 Å². The Hall–Kier alpha value is -3.41. The Morgan fingerprint density at radius 3 is 2.50 bits per heavy atom. The van der Waals surface area contributed by atoms with Gasteiger partial charge in [-0.3, -0.25) is 4.79 Å². The van der Waals surface area contributed by atoms with E-state index in [9.17, 15) is 4.79 Å². The molecule has 1 amide bonds. The molecule has 2 aromatic carbocycles. The highest BCUT2D eigenvalue weighted by Crippen LogP contribution is 2.20. The van der Waals surface area contributed by atoms with Crippen LogP contribution in [-0.2, 0) is 0 Å². The first kappa shape index (κ1) is 17.4. The smallest absolute Gasteiger partial charge is 0.255 e. The van der Waals surface area contributed by atoms with Gasteiger partial charge in [0, 0.05) is 48.5 Å². The Balaban J connectivity index is 1.74. The molecule has 0 aliphatic rings. The lowest BCUT2D eigenvalue weighted by atomic mass is 10.1. The molecule has 0 unspecified atom stereocenters. The lowest BCUT2D eigenvalue weighted by Crippen LogP contribution is -2.14. The quantitative estimate of drug-likeness (QED) is 0.734. The van der Waals surface area contributed by atoms with Crippen LogP contribution in [0.4, 0.5) is 22.9 Å². The van der Waals surface area contributed by atoms with Gasteiger partial charge in [0.15, 0.2) is 0 Å². The number of benzene rings is 2. The monoisotopic (exact) mass is 347 g/mol. The van der Waals surface area contributed by atoms with E-state index < -0.39 is 0 Å². The number of aromatic nitrogens is 2. The highest BCUT2D eigenvalue weighted by molar-refractivity contribution is 6.05. The highest BCUT2D eigenvalue weighted by atomic mass is 16.1. The molecular weight excluding hydrogens is 326 g/mol. The van der Waals surface area contributed by atoms with E-state index in [1.807, 2.05) is 74.4 Å². The third kappa shape index (κ3) is 4.36. The summed E-state index contributed by atoms with van der Waals surface area (Å²) in [6.07, 6.45) is 1.51. The van der Waals surface area contributed by atoms with E-state index in [1.54, 1.807) is 6.07 Å². The highest BCUT2D eigenvalue weighted by Gasteiger charge is 2.08. The van der Waals surface area contributed by atoms with Crippen molar-refractivity contribution in [3.05, 3.63) is 72.2 Å². The number of hydrogen-bond acceptors (Lipinski definition) is 5. The van der Waals surface area contributed by atoms with Crippen molar-refractivity contribution in [3.8, 4) is 0 Å². The predicted octanol–water partition coefficient (Wildman–Crippen LogP) is 3.85. The minimum Gasteiger partial charge on any atom is -0.378 e. The molecule has 6 nitrogen and oxygen atoms in total. The summed E-state index contributed by atoms with van der Waals surface area (Å²) in [5.74, 6) is 0.559. The zero-order chi connectivity index (χ0) is 18.5. The molecule has 0 atom stereocenters. The van der Waals surface area contributed by atoms with Gasteiger partial charge in [0.1, 0.15) is 12.1 Å². The van der Waals surface area contributed by atoms with E-state index in [0.29, 0.717) is 17.1 Å². The largest absolute Gasteiger partial charge is 0.378 e. The molecule has 0 fully saturated rings. The molecule has 0 saturated heterocycles. The Kier molecular flexibility index (Phi) is 5.12. The van der Waals surface area contributed by atoms with Gasteiger partial charge in [-0.05, 0) is 43.3 Å². The van der Waals surface area contributed by atoms with E-state index in [2.05, 4.69) is 20.6 Å². The van der Waals surface area contributed by atoms with Crippen molar-refractivity contribution in [3.63, 3.8) is 0 Å². The van der Waals surface area contributed by atoms with Gasteiger partial charge >= 0.3 is 0 Å². The van der Waals surface area contributed by atoms with Crippen LogP contribution < -0.4 is 15.5 Å². The molecule has 0 bridgehead atoms. The lowest BCUT2D eigenvalue weighted by Gasteiger charge is -2.14. The molecule has 3 rings (SSSR count). The summed E-state index contributed by atoms with van der Waals surface area (Å²) < 4.78 is 0. The minimum atomic E-state index is -0.149. The van der Waals surface area contributed by atoms with Crippen molar-refractivity contribution < 1.29 is 4.79 Å². The SMILES string of the molecule is Cc1cc(Nc2cccc(NC(=O)c3cccc(N(C)C)c3)c2)ncn1. The fraction of sp³-hybridized carbons (Fsp3) is 0.150. The third-order valence-corrected chi connectivity index (χ3v) is 3.82. The summed E-state index contributed by atoms with van der Waals surface area (Å²) in [5.41, 5.74) is 4.02. The number of nitrogens with one attached hydrogen (secondary N) is 2. The van der Waals surface area contributed by atoms with Gasteiger partial charge in [-0.15, -0.1) is 0 Å². The second-order valence-corrected chi connectivity index (χ2v) is 6.15. The molecule has 6 heteroatoms. The van der Waals surface area contributed by atoms with Gasteiger partial charge in [-0.2, -0.15) is 0 Å². The maximum atomic E-state index is 12.5. The van der Waals surface area contributed by atoms with Crippen LogP contribution in [0.5, 0.6) is 0 Å². The molecule has 0 aliphatic heterocycles. The van der Waals surface area contributed by atoms with Crippen molar-refractivity contribution in [2.45, 2.75) is 6.92 Å². The van der Waals surface area contributed by atoms with Crippen molar-refractivity contribution in [1.29, 1.82) is 0 Å². The number of amides is 1. The van der Waals surface area contributed by atoms with Crippen molar-refractivity contribution in [2.75, 3.05) is 29.6 Å². The topological polar surface area (TPSA) is 70.2 Å². The molecule has 1 heterocycles. The van der Waals surface area contributed by atoms with Crippen LogP contribution in [0.25, 0.3) is 0 Å². The van der Waals surface area contributed by atoms with Gasteiger partial charge < -0.3 is 15.5 Å². The van der Waals surface area contributed by atoms with Gasteiger partial charge in [0.05, 0.1) is 0 Å². The molecule has 1 aromatic heterocycles. The number of carbonyl (C=O) groups is 1. The fourth-order valence-electron chi connectivity index (χ4n) is 2.47. The maximum Gasteiger partial charge on any atom is 0.255 e. The summed E-state index contributed by atoms with van der Waals surface area (Å²) in [6.45, 7) is 1.91. The maximum absolute atomic E-state index is 12.5. The summed E-state index contributed by atoms with van der Waals surface area (Å²) >= 11 is 0. The number of rotatable bonds is 5. The molecule has 0 saturated carbocycles. The molecule has 0 radical (unpaired) electrons. The summed E-state index contributed by atoms with van der Waals surface area (Å²) in [4.78, 5) is 22.8. The minimum absolute atomic E-state index is 0.149. The summed E-state index contributed by atoms with van der Waals surface area (Å²) in [5, 5.41) is 6.14. The summed E-state index contributed by atoms with van der Waals surface area (Å²) in [6, 6.07) is 16.9. The van der Waals surface area contributed by atoms with E-state index in [-0.39, 0.29) is 5.91 Å². The molecule has 0 spiro atoms. The average Bonchev–Trinajstić information content (AvgIpc) is 2.62. The van der Waals surface area contributed by atoms with E-state index >= 15 is 0 Å². The van der Waals surface area contributed by atoms with E-state index in [1.165, 1.54) is 6.33 Å². The molecule has 0 aliphatic carbocycles. The number of hydrogen-bond donors (Lipinski definition) is 2. The standard InChI is InChI=1S/C20H21N5O/c1-14-10-19(22-13-21-14)23-16-7-5-8-17(12-16)24-20(26)15-6-4-9-18(11-15)25(2)3/h4-13H,1-3H3,(H,24,26)(H,21,22,23). The first-order chi connectivity index (χ1) is 12.5. The Labute approximate surface area is 152 Å². The number of aryl methyl sites for hydroxylation is 1. The second-order valence-electron chi connectivity index (χ2n) is 6.15. The zero-order valence-corrected chi connectivity index (χ0v) is 15.0. The van der Waals surface area contributed by atoms with Gasteiger partial charge in [0.25, 0.3) is 5.91 Å². The van der Waals surface area contributed by atoms with Gasteiger partial charge in [-0.25, -0.2) is 9.97 Å². The van der Waals surface area contributed by atoms with E-state index in [0.717, 1.165) is 17.1 Å². The third-order valence-electron chi connectivity index (χ3n) is 3.82. The van der Waals surface area contributed by atoms with Gasteiger partial charge in [-0.1, -0.05) is 12.1 Å².